The van der Waals surface area contributed by atoms with Crippen molar-refractivity contribution in [3.8, 4) is 0 Å². The molecule has 2 heterocycles. The van der Waals surface area contributed by atoms with E-state index >= 15 is 0 Å². The van der Waals surface area contributed by atoms with Crippen molar-refractivity contribution >= 4 is 17.7 Å². The molecular formula is C39H49N7O5. The summed E-state index contributed by atoms with van der Waals surface area (Å²) < 4.78 is 15.9. The maximum Gasteiger partial charge on any atom is 0.271 e. The van der Waals surface area contributed by atoms with E-state index in [-0.39, 0.29) is 48.1 Å². The molecular weight excluding hydrogens is 646 g/mol. The van der Waals surface area contributed by atoms with Gasteiger partial charge in [-0.1, -0.05) is 86.3 Å². The average molecular weight is 696 g/mol. The fourth-order valence-corrected chi connectivity index (χ4v) is 6.91. The number of nitrogens with zero attached hydrogens (tertiary/aromatic N) is 4. The minimum Gasteiger partial charge on any atom is -0.371 e. The summed E-state index contributed by atoms with van der Waals surface area (Å²) in [5.41, 5.74) is 2.39. The molecule has 0 aliphatic heterocycles. The van der Waals surface area contributed by atoms with E-state index in [9.17, 15) is 14.4 Å². The van der Waals surface area contributed by atoms with Gasteiger partial charge in [-0.2, -0.15) is 5.10 Å². The second kappa shape index (κ2) is 18.4. The molecule has 2 aliphatic carbocycles. The normalized spacial score (nSPS) is 20.4. The molecule has 2 aromatic heterocycles. The van der Waals surface area contributed by atoms with Gasteiger partial charge in [0.05, 0.1) is 43.8 Å². The number of nitrogens with one attached hydrogen (secondary N) is 3. The number of aromatic nitrogens is 4. The monoisotopic (exact) mass is 695 g/mol. The molecule has 51 heavy (non-hydrogen) atoms. The molecule has 2 aliphatic rings. The number of benzene rings is 2. The third-order valence-electron chi connectivity index (χ3n) is 9.66. The smallest absolute Gasteiger partial charge is 0.271 e. The summed E-state index contributed by atoms with van der Waals surface area (Å²) in [6.07, 6.45) is 13.0. The zero-order valence-electron chi connectivity index (χ0n) is 29.1. The van der Waals surface area contributed by atoms with Crippen LogP contribution in [0.3, 0.4) is 0 Å². The highest BCUT2D eigenvalue weighted by Crippen LogP contribution is 2.24. The van der Waals surface area contributed by atoms with E-state index in [1.807, 2.05) is 71.4 Å². The van der Waals surface area contributed by atoms with Crippen LogP contribution in [0.5, 0.6) is 0 Å². The van der Waals surface area contributed by atoms with Gasteiger partial charge in [-0.15, -0.1) is 0 Å². The van der Waals surface area contributed by atoms with E-state index < -0.39 is 11.8 Å². The topological polar surface area (TPSA) is 141 Å². The van der Waals surface area contributed by atoms with Crippen LogP contribution in [0.25, 0.3) is 0 Å². The van der Waals surface area contributed by atoms with Crippen LogP contribution < -0.4 is 16.0 Å². The zero-order valence-corrected chi connectivity index (χ0v) is 29.1. The van der Waals surface area contributed by atoms with Gasteiger partial charge in [0, 0.05) is 31.5 Å². The first kappa shape index (κ1) is 36.0. The first-order chi connectivity index (χ1) is 25.0. The largest absolute Gasteiger partial charge is 0.371 e. The first-order valence-corrected chi connectivity index (χ1v) is 18.2. The molecule has 12 heteroatoms. The number of imidazole rings is 1. The Morgan fingerprint density at radius 2 is 1.37 bits per heavy atom. The molecule has 0 spiro atoms. The number of ether oxygens (including phenoxy) is 2. The third kappa shape index (κ3) is 10.6. The molecule has 12 nitrogen and oxygen atoms in total. The Bertz CT molecular complexity index is 1680. The summed E-state index contributed by atoms with van der Waals surface area (Å²) in [5, 5.41) is 13.7. The van der Waals surface area contributed by atoms with E-state index in [1.54, 1.807) is 12.5 Å². The summed E-state index contributed by atoms with van der Waals surface area (Å²) >= 11 is 0. The van der Waals surface area contributed by atoms with Gasteiger partial charge in [0.25, 0.3) is 11.8 Å². The maximum absolute atomic E-state index is 13.9. The summed E-state index contributed by atoms with van der Waals surface area (Å²) in [5.74, 6) is -1.09. The number of hydrogen-bond acceptors (Lipinski definition) is 7. The molecule has 2 fully saturated rings. The molecule has 4 aromatic rings. The lowest BCUT2D eigenvalue weighted by molar-refractivity contribution is -0.124. The third-order valence-corrected chi connectivity index (χ3v) is 9.66. The Labute approximate surface area is 299 Å². The van der Waals surface area contributed by atoms with Crippen LogP contribution in [-0.4, -0.2) is 67.9 Å². The van der Waals surface area contributed by atoms with Gasteiger partial charge < -0.3 is 30.0 Å². The van der Waals surface area contributed by atoms with E-state index in [0.29, 0.717) is 32.7 Å². The molecule has 0 bridgehead atoms. The molecule has 0 radical (unpaired) electrons. The Morgan fingerprint density at radius 3 is 1.98 bits per heavy atom. The lowest BCUT2D eigenvalue weighted by Crippen LogP contribution is -2.48. The fourth-order valence-electron chi connectivity index (χ4n) is 6.91. The minimum atomic E-state index is -0.405. The molecule has 6 rings (SSSR count). The van der Waals surface area contributed by atoms with Crippen LogP contribution in [-0.2, 0) is 40.6 Å². The predicted octanol–water partition coefficient (Wildman–Crippen LogP) is 4.80. The molecule has 0 saturated heterocycles. The van der Waals surface area contributed by atoms with Crippen LogP contribution in [0.2, 0.25) is 0 Å². The number of amides is 3. The number of aryl methyl sites for hydroxylation is 1. The molecule has 1 unspecified atom stereocenters. The van der Waals surface area contributed by atoms with Crippen molar-refractivity contribution in [3.05, 3.63) is 108 Å². The SMILES string of the molecule is O=C(Cn1nc(C(=O)NCCCn2ccnc2)cc1C(=O)N[C@H]1CCCC[C@@H]1OCc1ccccc1)NC1CCCC[C@@H]1OCc1ccccc1. The van der Waals surface area contributed by atoms with Crippen LogP contribution in [0.1, 0.15) is 89.9 Å². The maximum atomic E-state index is 13.9. The lowest BCUT2D eigenvalue weighted by atomic mass is 9.92. The molecule has 4 atom stereocenters. The van der Waals surface area contributed by atoms with Crippen molar-refractivity contribution in [1.29, 1.82) is 0 Å². The average Bonchev–Trinajstić information content (AvgIpc) is 3.84. The summed E-state index contributed by atoms with van der Waals surface area (Å²) in [7, 11) is 0. The minimum absolute atomic E-state index is 0.0813. The fraction of sp³-hybridized carbons (Fsp3) is 0.462. The molecule has 3 N–H and O–H groups in total. The van der Waals surface area contributed by atoms with Crippen molar-refractivity contribution < 1.29 is 23.9 Å². The number of rotatable bonds is 16. The second-order valence-electron chi connectivity index (χ2n) is 13.5. The quantitative estimate of drug-likeness (QED) is 0.143. The Balaban J connectivity index is 1.12. The molecule has 3 amide bonds. The molecule has 270 valence electrons. The standard InChI is InChI=1S/C39H49N7O5/c47-37(42-31-16-7-9-18-35(31)50-26-29-12-3-1-4-13-29)25-46-34(24-33(44-46)38(48)41-20-11-22-45-23-21-40-28-45)39(49)43-32-17-8-10-19-36(32)51-27-30-14-5-2-6-15-30/h1-6,12-15,21,23-24,28,31-32,35-36H,7-11,16-20,22,25-27H2,(H,41,48)(H,42,47)(H,43,49)/t31?,32-,35-,36-/m0/s1. The van der Waals surface area contributed by atoms with Crippen molar-refractivity contribution in [3.63, 3.8) is 0 Å². The van der Waals surface area contributed by atoms with Gasteiger partial charge in [0.2, 0.25) is 5.91 Å². The van der Waals surface area contributed by atoms with Crippen LogP contribution >= 0.6 is 0 Å². The van der Waals surface area contributed by atoms with Crippen molar-refractivity contribution in [2.24, 2.45) is 0 Å². The highest BCUT2D eigenvalue weighted by Gasteiger charge is 2.31. The van der Waals surface area contributed by atoms with E-state index in [1.165, 1.54) is 10.7 Å². The van der Waals surface area contributed by atoms with Crippen molar-refractivity contribution in [2.75, 3.05) is 6.54 Å². The van der Waals surface area contributed by atoms with Gasteiger partial charge in [-0.25, -0.2) is 9.67 Å². The first-order valence-electron chi connectivity index (χ1n) is 18.2. The van der Waals surface area contributed by atoms with Crippen LogP contribution in [0, 0.1) is 0 Å². The van der Waals surface area contributed by atoms with E-state index in [2.05, 4.69) is 26.0 Å². The van der Waals surface area contributed by atoms with Crippen molar-refractivity contribution in [1.82, 2.24) is 35.3 Å². The number of hydrogen-bond donors (Lipinski definition) is 3. The lowest BCUT2D eigenvalue weighted by Gasteiger charge is -2.32. The summed E-state index contributed by atoms with van der Waals surface area (Å²) in [6, 6.07) is 21.1. The van der Waals surface area contributed by atoms with E-state index in [4.69, 9.17) is 9.47 Å². The summed E-state index contributed by atoms with van der Waals surface area (Å²) in [6.45, 7) is 1.84. The Morgan fingerprint density at radius 1 is 0.765 bits per heavy atom. The van der Waals surface area contributed by atoms with E-state index in [0.717, 1.165) is 62.5 Å². The molecule has 2 saturated carbocycles. The predicted molar refractivity (Wildman–Crippen MR) is 192 cm³/mol. The van der Waals surface area contributed by atoms with Gasteiger partial charge in [-0.05, 0) is 43.2 Å². The highest BCUT2D eigenvalue weighted by atomic mass is 16.5. The van der Waals surface area contributed by atoms with Gasteiger partial charge >= 0.3 is 0 Å². The van der Waals surface area contributed by atoms with Gasteiger partial charge in [-0.3, -0.25) is 14.4 Å². The van der Waals surface area contributed by atoms with Crippen LogP contribution in [0.15, 0.2) is 85.5 Å². The molecule has 2 aromatic carbocycles. The number of carbonyl (C=O) groups excluding carboxylic acids is 3. The van der Waals surface area contributed by atoms with Crippen molar-refractivity contribution in [2.45, 2.75) is 108 Å². The Kier molecular flexibility index (Phi) is 13.0. The van der Waals surface area contributed by atoms with Crippen LogP contribution in [0.4, 0.5) is 0 Å². The zero-order chi connectivity index (χ0) is 35.3. The van der Waals surface area contributed by atoms with Gasteiger partial charge in [0.15, 0.2) is 5.69 Å². The highest BCUT2D eigenvalue weighted by molar-refractivity contribution is 5.98. The van der Waals surface area contributed by atoms with Gasteiger partial charge in [0.1, 0.15) is 12.2 Å². The summed E-state index contributed by atoms with van der Waals surface area (Å²) in [4.78, 5) is 44.7. The second-order valence-corrected chi connectivity index (χ2v) is 13.5. The number of carbonyl (C=O) groups is 3. The Hall–Kier alpha value is -4.81.